The molecule has 0 aliphatic carbocycles. The van der Waals surface area contributed by atoms with Crippen molar-refractivity contribution < 1.29 is 14.3 Å². The maximum Gasteiger partial charge on any atom is 0.338 e. The molecule has 1 rings (SSSR count). The second-order valence-corrected chi connectivity index (χ2v) is 4.84. The zero-order chi connectivity index (χ0) is 15.1. The third-order valence-corrected chi connectivity index (χ3v) is 2.83. The fourth-order valence-electron chi connectivity index (χ4n) is 1.79. The lowest BCUT2D eigenvalue weighted by Crippen LogP contribution is -2.24. The number of rotatable bonds is 7. The highest BCUT2D eigenvalue weighted by atomic mass is 16.5. The number of carbonyl (C=O) groups is 1. The average Bonchev–Trinajstić information content (AvgIpc) is 2.38. The number of ether oxygens (including phenoxy) is 2. The highest BCUT2D eigenvalue weighted by molar-refractivity contribution is 5.92. The van der Waals surface area contributed by atoms with E-state index in [0.29, 0.717) is 24.5 Å². The van der Waals surface area contributed by atoms with E-state index in [1.54, 1.807) is 19.1 Å². The molecule has 5 heteroatoms. The van der Waals surface area contributed by atoms with Crippen LogP contribution in [0.2, 0.25) is 0 Å². The Kier molecular flexibility index (Phi) is 6.31. The van der Waals surface area contributed by atoms with Gasteiger partial charge in [0.25, 0.3) is 0 Å². The van der Waals surface area contributed by atoms with Gasteiger partial charge >= 0.3 is 5.97 Å². The van der Waals surface area contributed by atoms with Crippen molar-refractivity contribution in [1.29, 1.82) is 0 Å². The molecule has 0 spiro atoms. The van der Waals surface area contributed by atoms with E-state index in [4.69, 9.17) is 15.2 Å². The Balaban J connectivity index is 2.69. The summed E-state index contributed by atoms with van der Waals surface area (Å²) in [5.74, 6) is -0.350. The predicted molar refractivity (Wildman–Crippen MR) is 81.2 cm³/mol. The van der Waals surface area contributed by atoms with E-state index in [1.807, 2.05) is 31.9 Å². The van der Waals surface area contributed by atoms with E-state index in [2.05, 4.69) is 0 Å². The van der Waals surface area contributed by atoms with Crippen LogP contribution >= 0.6 is 0 Å². The van der Waals surface area contributed by atoms with Gasteiger partial charge in [-0.15, -0.1) is 0 Å². The van der Waals surface area contributed by atoms with Gasteiger partial charge in [-0.05, 0) is 39.0 Å². The minimum Gasteiger partial charge on any atom is -0.462 e. The van der Waals surface area contributed by atoms with E-state index >= 15 is 0 Å². The molecule has 0 aliphatic heterocycles. The molecule has 112 valence electrons. The van der Waals surface area contributed by atoms with Crippen molar-refractivity contribution in [2.45, 2.75) is 26.9 Å². The topological polar surface area (TPSA) is 64.8 Å². The lowest BCUT2D eigenvalue weighted by Gasteiger charge is -2.22. The van der Waals surface area contributed by atoms with E-state index in [0.717, 1.165) is 12.2 Å². The Morgan fingerprint density at radius 1 is 1.40 bits per heavy atom. The summed E-state index contributed by atoms with van der Waals surface area (Å²) in [4.78, 5) is 13.6. The number of hydrogen-bond donors (Lipinski definition) is 1. The highest BCUT2D eigenvalue weighted by Gasteiger charge is 2.11. The first kappa shape index (κ1) is 16.3. The first-order chi connectivity index (χ1) is 9.45. The van der Waals surface area contributed by atoms with Crippen molar-refractivity contribution in [3.8, 4) is 0 Å². The Bertz CT molecular complexity index is 447. The van der Waals surface area contributed by atoms with Crippen LogP contribution in [0.1, 0.15) is 31.1 Å². The number of esters is 1. The van der Waals surface area contributed by atoms with Gasteiger partial charge in [0.15, 0.2) is 0 Å². The minimum absolute atomic E-state index is 0.215. The summed E-state index contributed by atoms with van der Waals surface area (Å²) >= 11 is 0. The van der Waals surface area contributed by atoms with Crippen LogP contribution in [-0.2, 0) is 9.47 Å². The van der Waals surface area contributed by atoms with Crippen molar-refractivity contribution in [3.05, 3.63) is 23.8 Å². The van der Waals surface area contributed by atoms with Crippen LogP contribution in [0.25, 0.3) is 0 Å². The molecule has 0 aliphatic rings. The first-order valence-electron chi connectivity index (χ1n) is 6.85. The fourth-order valence-corrected chi connectivity index (χ4v) is 1.79. The van der Waals surface area contributed by atoms with Crippen LogP contribution in [0.5, 0.6) is 0 Å². The Hall–Kier alpha value is -1.75. The lowest BCUT2D eigenvalue weighted by molar-refractivity contribution is 0.0526. The summed E-state index contributed by atoms with van der Waals surface area (Å²) < 4.78 is 10.5. The lowest BCUT2D eigenvalue weighted by atomic mass is 10.1. The second kappa shape index (κ2) is 7.75. The van der Waals surface area contributed by atoms with Gasteiger partial charge < -0.3 is 20.1 Å². The normalized spacial score (nSPS) is 10.7. The molecule has 0 aromatic heterocycles. The van der Waals surface area contributed by atoms with Crippen LogP contribution in [0, 0.1) is 0 Å². The van der Waals surface area contributed by atoms with Gasteiger partial charge in [-0.3, -0.25) is 0 Å². The Morgan fingerprint density at radius 3 is 2.65 bits per heavy atom. The standard InChI is InChI=1S/C15H24N2O3/c1-5-19-15(18)12-6-7-14(13(16)10-12)17(4)8-9-20-11(2)3/h6-7,10-11H,5,8-9,16H2,1-4H3. The molecule has 1 aromatic carbocycles. The Labute approximate surface area is 120 Å². The molecule has 0 fully saturated rings. The number of likely N-dealkylation sites (N-methyl/N-ethyl adjacent to an activating group) is 1. The number of anilines is 2. The van der Waals surface area contributed by atoms with Gasteiger partial charge in [0, 0.05) is 13.6 Å². The highest BCUT2D eigenvalue weighted by Crippen LogP contribution is 2.23. The summed E-state index contributed by atoms with van der Waals surface area (Å²) in [6.45, 7) is 7.50. The molecule has 20 heavy (non-hydrogen) atoms. The molecule has 0 saturated carbocycles. The quantitative estimate of drug-likeness (QED) is 0.613. The molecule has 0 radical (unpaired) electrons. The van der Waals surface area contributed by atoms with Gasteiger partial charge in [0.05, 0.1) is 36.3 Å². The van der Waals surface area contributed by atoms with Gasteiger partial charge in [-0.25, -0.2) is 4.79 Å². The molecule has 2 N–H and O–H groups in total. The molecule has 0 unspecified atom stereocenters. The van der Waals surface area contributed by atoms with Gasteiger partial charge in [0.1, 0.15) is 0 Å². The van der Waals surface area contributed by atoms with Crippen LogP contribution in [0.3, 0.4) is 0 Å². The zero-order valence-electron chi connectivity index (χ0n) is 12.7. The van der Waals surface area contributed by atoms with Crippen molar-refractivity contribution in [2.75, 3.05) is 37.4 Å². The van der Waals surface area contributed by atoms with Crippen LogP contribution < -0.4 is 10.6 Å². The summed E-state index contributed by atoms with van der Waals surface area (Å²) in [5, 5.41) is 0. The van der Waals surface area contributed by atoms with Gasteiger partial charge in [0.2, 0.25) is 0 Å². The minimum atomic E-state index is -0.350. The second-order valence-electron chi connectivity index (χ2n) is 4.84. The summed E-state index contributed by atoms with van der Waals surface area (Å²) in [6, 6.07) is 5.20. The molecule has 0 atom stereocenters. The van der Waals surface area contributed by atoms with Crippen molar-refractivity contribution >= 4 is 17.3 Å². The molecule has 0 saturated heterocycles. The third kappa shape index (κ3) is 4.74. The largest absolute Gasteiger partial charge is 0.462 e. The summed E-state index contributed by atoms with van der Waals surface area (Å²) in [6.07, 6.45) is 0.215. The van der Waals surface area contributed by atoms with E-state index in [-0.39, 0.29) is 12.1 Å². The van der Waals surface area contributed by atoms with E-state index in [1.165, 1.54) is 0 Å². The molecular formula is C15H24N2O3. The van der Waals surface area contributed by atoms with Crippen LogP contribution in [0.4, 0.5) is 11.4 Å². The van der Waals surface area contributed by atoms with E-state index < -0.39 is 0 Å². The average molecular weight is 280 g/mol. The number of nitrogen functional groups attached to an aromatic ring is 1. The number of carbonyl (C=O) groups excluding carboxylic acids is 1. The number of nitrogens with zero attached hydrogens (tertiary/aromatic N) is 1. The number of benzene rings is 1. The van der Waals surface area contributed by atoms with Crippen LogP contribution in [0.15, 0.2) is 18.2 Å². The summed E-state index contributed by atoms with van der Waals surface area (Å²) in [7, 11) is 1.94. The molecular weight excluding hydrogens is 256 g/mol. The molecule has 5 nitrogen and oxygen atoms in total. The van der Waals surface area contributed by atoms with Gasteiger partial charge in [-0.2, -0.15) is 0 Å². The summed E-state index contributed by atoms with van der Waals surface area (Å²) in [5.41, 5.74) is 7.91. The van der Waals surface area contributed by atoms with Gasteiger partial charge in [-0.1, -0.05) is 0 Å². The number of nitrogens with two attached hydrogens (primary N) is 1. The fraction of sp³-hybridized carbons (Fsp3) is 0.533. The van der Waals surface area contributed by atoms with E-state index in [9.17, 15) is 4.79 Å². The number of hydrogen-bond acceptors (Lipinski definition) is 5. The van der Waals surface area contributed by atoms with Crippen molar-refractivity contribution in [1.82, 2.24) is 0 Å². The Morgan fingerprint density at radius 2 is 2.10 bits per heavy atom. The first-order valence-corrected chi connectivity index (χ1v) is 6.85. The maximum absolute atomic E-state index is 11.6. The SMILES string of the molecule is CCOC(=O)c1ccc(N(C)CCOC(C)C)c(N)c1. The monoisotopic (exact) mass is 280 g/mol. The molecule has 0 heterocycles. The zero-order valence-corrected chi connectivity index (χ0v) is 12.7. The predicted octanol–water partition coefficient (Wildman–Crippen LogP) is 2.31. The van der Waals surface area contributed by atoms with Crippen molar-refractivity contribution in [3.63, 3.8) is 0 Å². The smallest absolute Gasteiger partial charge is 0.338 e. The molecule has 1 aromatic rings. The molecule has 0 amide bonds. The maximum atomic E-state index is 11.6. The van der Waals surface area contributed by atoms with Crippen molar-refractivity contribution in [2.24, 2.45) is 0 Å². The molecule has 0 bridgehead atoms. The van der Waals surface area contributed by atoms with Crippen LogP contribution in [-0.4, -0.2) is 38.9 Å². The third-order valence-electron chi connectivity index (χ3n) is 2.83.